The van der Waals surface area contributed by atoms with Gasteiger partial charge in [0.1, 0.15) is 0 Å². The van der Waals surface area contributed by atoms with Crippen LogP contribution in [0.15, 0.2) is 46.6 Å². The van der Waals surface area contributed by atoms with Gasteiger partial charge < -0.3 is 4.74 Å². The van der Waals surface area contributed by atoms with E-state index in [1.807, 2.05) is 0 Å². The number of allylic oxidation sites excluding steroid dienone is 8. The second-order valence-corrected chi connectivity index (χ2v) is 7.16. The molecule has 0 amide bonds. The van der Waals surface area contributed by atoms with Crippen LogP contribution in [0.1, 0.15) is 86.0 Å². The molecule has 0 bridgehead atoms. The lowest BCUT2D eigenvalue weighted by atomic mass is 10.0. The summed E-state index contributed by atoms with van der Waals surface area (Å²) in [5.74, 6) is -0.135. The van der Waals surface area contributed by atoms with Crippen LogP contribution in [0, 0.1) is 0 Å². The maximum atomic E-state index is 11.1. The number of hydrogen-bond acceptors (Lipinski definition) is 2. The van der Waals surface area contributed by atoms with E-state index in [9.17, 15) is 4.79 Å². The molecule has 0 spiro atoms. The Bertz CT molecular complexity index is 500. The van der Waals surface area contributed by atoms with E-state index in [2.05, 4.69) is 63.7 Å². The molecular formula is C23H38O2. The van der Waals surface area contributed by atoms with Gasteiger partial charge in [-0.25, -0.2) is 0 Å². The van der Waals surface area contributed by atoms with Crippen molar-refractivity contribution in [1.82, 2.24) is 0 Å². The third-order valence-electron chi connectivity index (χ3n) is 4.22. The van der Waals surface area contributed by atoms with E-state index in [-0.39, 0.29) is 5.97 Å². The van der Waals surface area contributed by atoms with Crippen LogP contribution in [0.3, 0.4) is 0 Å². The lowest BCUT2D eigenvalue weighted by molar-refractivity contribution is -0.140. The van der Waals surface area contributed by atoms with Crippen LogP contribution in [-0.4, -0.2) is 13.1 Å². The lowest BCUT2D eigenvalue weighted by Crippen LogP contribution is -1.98. The van der Waals surface area contributed by atoms with Crippen LogP contribution in [0.5, 0.6) is 0 Å². The zero-order chi connectivity index (χ0) is 19.1. The summed E-state index contributed by atoms with van der Waals surface area (Å²) < 4.78 is 4.65. The number of hydrogen-bond donors (Lipinski definition) is 0. The number of methoxy groups -OCH3 is 1. The molecule has 25 heavy (non-hydrogen) atoms. The Morgan fingerprint density at radius 3 is 1.36 bits per heavy atom. The van der Waals surface area contributed by atoms with Crippen LogP contribution in [-0.2, 0) is 9.53 Å². The Labute approximate surface area is 155 Å². The molecule has 0 heterocycles. The normalized spacial score (nSPS) is 13.0. The van der Waals surface area contributed by atoms with Crippen molar-refractivity contribution < 1.29 is 9.53 Å². The molecule has 0 aliphatic rings. The maximum absolute atomic E-state index is 11.1. The van der Waals surface area contributed by atoms with Gasteiger partial charge in [-0.15, -0.1) is 0 Å². The minimum Gasteiger partial charge on any atom is -0.469 e. The van der Waals surface area contributed by atoms with Gasteiger partial charge >= 0.3 is 5.97 Å². The van der Waals surface area contributed by atoms with E-state index >= 15 is 0 Å². The fourth-order valence-corrected chi connectivity index (χ4v) is 2.53. The summed E-state index contributed by atoms with van der Waals surface area (Å²) in [6, 6.07) is 0. The Morgan fingerprint density at radius 1 is 0.640 bits per heavy atom. The quantitative estimate of drug-likeness (QED) is 0.278. The van der Waals surface area contributed by atoms with E-state index in [0.29, 0.717) is 6.42 Å². The number of carbonyl (C=O) groups is 1. The van der Waals surface area contributed by atoms with Gasteiger partial charge in [0, 0.05) is 6.42 Å². The molecule has 2 nitrogen and oxygen atoms in total. The van der Waals surface area contributed by atoms with Crippen LogP contribution in [0.4, 0.5) is 0 Å². The summed E-state index contributed by atoms with van der Waals surface area (Å²) in [4.78, 5) is 11.1. The van der Waals surface area contributed by atoms with E-state index in [1.54, 1.807) is 0 Å². The molecular weight excluding hydrogens is 308 g/mol. The monoisotopic (exact) mass is 346 g/mol. The van der Waals surface area contributed by atoms with Gasteiger partial charge in [0.2, 0.25) is 0 Å². The van der Waals surface area contributed by atoms with Crippen LogP contribution in [0.2, 0.25) is 0 Å². The molecule has 0 aliphatic heterocycles. The van der Waals surface area contributed by atoms with E-state index in [0.717, 1.165) is 38.5 Å². The first-order valence-electron chi connectivity index (χ1n) is 9.52. The Balaban J connectivity index is 3.99. The van der Waals surface area contributed by atoms with Gasteiger partial charge in [-0.05, 0) is 79.6 Å². The standard InChI is InChI=1S/C23H38O2/c1-19(2)11-7-12-20(3)13-8-14-21(4)15-9-16-22(5)17-10-18-23(24)25-6/h11,13,15,17H,7-10,12,14,16,18H2,1-6H3. The molecule has 0 aromatic rings. The minimum atomic E-state index is -0.135. The SMILES string of the molecule is COC(=O)CCC=C(C)CCC=C(C)CCC=C(C)CCC=C(C)C. The van der Waals surface area contributed by atoms with Crippen molar-refractivity contribution >= 4 is 5.97 Å². The van der Waals surface area contributed by atoms with Gasteiger partial charge in [-0.3, -0.25) is 4.79 Å². The average Bonchev–Trinajstić information content (AvgIpc) is 2.54. The van der Waals surface area contributed by atoms with Crippen molar-refractivity contribution in [3.05, 3.63) is 46.6 Å². The molecule has 0 aliphatic carbocycles. The highest BCUT2D eigenvalue weighted by molar-refractivity contribution is 5.69. The summed E-state index contributed by atoms with van der Waals surface area (Å²) in [7, 11) is 1.44. The molecule has 0 saturated carbocycles. The topological polar surface area (TPSA) is 26.3 Å². The van der Waals surface area contributed by atoms with Gasteiger partial charge in [-0.1, -0.05) is 46.6 Å². The predicted octanol–water partition coefficient (Wildman–Crippen LogP) is 7.09. The van der Waals surface area contributed by atoms with Crippen molar-refractivity contribution in [1.29, 1.82) is 0 Å². The van der Waals surface area contributed by atoms with Crippen molar-refractivity contribution in [2.75, 3.05) is 7.11 Å². The minimum absolute atomic E-state index is 0.135. The molecule has 0 saturated heterocycles. The first-order valence-corrected chi connectivity index (χ1v) is 9.52. The highest BCUT2D eigenvalue weighted by Crippen LogP contribution is 2.14. The largest absolute Gasteiger partial charge is 0.469 e. The van der Waals surface area contributed by atoms with Crippen molar-refractivity contribution in [2.45, 2.75) is 86.0 Å². The second kappa shape index (κ2) is 14.7. The molecule has 0 aromatic carbocycles. The zero-order valence-corrected chi connectivity index (χ0v) is 17.3. The van der Waals surface area contributed by atoms with Gasteiger partial charge in [0.15, 0.2) is 0 Å². The maximum Gasteiger partial charge on any atom is 0.305 e. The van der Waals surface area contributed by atoms with Gasteiger partial charge in [-0.2, -0.15) is 0 Å². The first kappa shape index (κ1) is 23.4. The second-order valence-electron chi connectivity index (χ2n) is 7.16. The molecule has 0 aromatic heterocycles. The molecule has 0 radical (unpaired) electrons. The van der Waals surface area contributed by atoms with E-state index in [1.165, 1.54) is 35.8 Å². The predicted molar refractivity (Wildman–Crippen MR) is 110 cm³/mol. The molecule has 2 heteroatoms. The lowest BCUT2D eigenvalue weighted by Gasteiger charge is -2.03. The Hall–Kier alpha value is -1.57. The van der Waals surface area contributed by atoms with Crippen LogP contribution < -0.4 is 0 Å². The summed E-state index contributed by atoms with van der Waals surface area (Å²) in [5, 5.41) is 0. The van der Waals surface area contributed by atoms with Crippen molar-refractivity contribution in [3.8, 4) is 0 Å². The van der Waals surface area contributed by atoms with Crippen LogP contribution in [0.25, 0.3) is 0 Å². The highest BCUT2D eigenvalue weighted by atomic mass is 16.5. The fraction of sp³-hybridized carbons (Fsp3) is 0.609. The van der Waals surface area contributed by atoms with Crippen molar-refractivity contribution in [3.63, 3.8) is 0 Å². The Morgan fingerprint density at radius 2 is 1.00 bits per heavy atom. The molecule has 0 atom stereocenters. The van der Waals surface area contributed by atoms with Crippen LogP contribution >= 0.6 is 0 Å². The number of esters is 1. The highest BCUT2D eigenvalue weighted by Gasteiger charge is 1.98. The van der Waals surface area contributed by atoms with E-state index in [4.69, 9.17) is 0 Å². The summed E-state index contributed by atoms with van der Waals surface area (Å²) in [6.07, 6.45) is 17.2. The summed E-state index contributed by atoms with van der Waals surface area (Å²) >= 11 is 0. The first-order chi connectivity index (χ1) is 11.8. The molecule has 0 N–H and O–H groups in total. The Kier molecular flexibility index (Phi) is 13.8. The number of ether oxygens (including phenoxy) is 1. The third kappa shape index (κ3) is 15.7. The van der Waals surface area contributed by atoms with Gasteiger partial charge in [0.05, 0.1) is 7.11 Å². The molecule has 0 unspecified atom stereocenters. The average molecular weight is 347 g/mol. The van der Waals surface area contributed by atoms with E-state index < -0.39 is 0 Å². The molecule has 142 valence electrons. The molecule has 0 rings (SSSR count). The van der Waals surface area contributed by atoms with Gasteiger partial charge in [0.25, 0.3) is 0 Å². The smallest absolute Gasteiger partial charge is 0.305 e. The fourth-order valence-electron chi connectivity index (χ4n) is 2.53. The van der Waals surface area contributed by atoms with Crippen molar-refractivity contribution in [2.24, 2.45) is 0 Å². The zero-order valence-electron chi connectivity index (χ0n) is 17.3. The summed E-state index contributed by atoms with van der Waals surface area (Å²) in [5.41, 5.74) is 5.72. The summed E-state index contributed by atoms with van der Waals surface area (Å²) in [6.45, 7) is 10.9. The number of rotatable bonds is 12. The number of carbonyl (C=O) groups excluding carboxylic acids is 1. The molecule has 0 fully saturated rings. The third-order valence-corrected chi connectivity index (χ3v) is 4.22.